The van der Waals surface area contributed by atoms with Gasteiger partial charge < -0.3 is 4.84 Å². The van der Waals surface area contributed by atoms with Gasteiger partial charge in [0.15, 0.2) is 0 Å². The van der Waals surface area contributed by atoms with Gasteiger partial charge in [0.2, 0.25) is 0 Å². The molecular weight excluding hydrogens is 193 g/mol. The lowest BCUT2D eigenvalue weighted by Gasteiger charge is -1.96. The summed E-state index contributed by atoms with van der Waals surface area (Å²) in [6, 6.07) is 5.95. The minimum Gasteiger partial charge on any atom is -0.395 e. The number of hydrogen-bond acceptors (Lipinski definition) is 2. The van der Waals surface area contributed by atoms with Gasteiger partial charge in [-0.2, -0.15) is 0 Å². The van der Waals surface area contributed by atoms with E-state index in [4.69, 9.17) is 4.84 Å². The summed E-state index contributed by atoms with van der Waals surface area (Å²) in [5, 5.41) is 3.67. The molecule has 1 rings (SSSR count). The molecule has 0 saturated heterocycles. The molecule has 1 aromatic rings. The second kappa shape index (κ2) is 6.98. The van der Waals surface area contributed by atoms with Crippen LogP contribution < -0.4 is 0 Å². The molecule has 81 valence electrons. The second-order valence-corrected chi connectivity index (χ2v) is 3.25. The Morgan fingerprint density at radius 1 is 1.27 bits per heavy atom. The summed E-state index contributed by atoms with van der Waals surface area (Å²) in [6.45, 7) is 2.75. The summed E-state index contributed by atoms with van der Waals surface area (Å²) in [7, 11) is 0. The minimum absolute atomic E-state index is 0.260. The zero-order chi connectivity index (χ0) is 10.9. The van der Waals surface area contributed by atoms with Gasteiger partial charge in [-0.3, -0.25) is 0 Å². The molecule has 0 spiro atoms. The first-order chi connectivity index (χ1) is 7.33. The summed E-state index contributed by atoms with van der Waals surface area (Å²) in [4.78, 5) is 4.99. The molecule has 0 atom stereocenters. The fourth-order valence-electron chi connectivity index (χ4n) is 1.07. The molecule has 2 nitrogen and oxygen atoms in total. The first-order valence-corrected chi connectivity index (χ1v) is 5.16. The molecular formula is C12H15FNO. The van der Waals surface area contributed by atoms with Crippen LogP contribution in [-0.2, 0) is 4.84 Å². The van der Waals surface area contributed by atoms with E-state index in [1.807, 2.05) is 0 Å². The van der Waals surface area contributed by atoms with E-state index in [0.717, 1.165) is 19.3 Å². The molecule has 15 heavy (non-hydrogen) atoms. The molecule has 3 heteroatoms. The Kier molecular flexibility index (Phi) is 5.44. The van der Waals surface area contributed by atoms with E-state index in [1.165, 1.54) is 12.1 Å². The third-order valence-corrected chi connectivity index (χ3v) is 1.92. The molecule has 0 saturated carbocycles. The Hall–Kier alpha value is -1.38. The van der Waals surface area contributed by atoms with Crippen molar-refractivity contribution >= 4 is 6.21 Å². The predicted molar refractivity (Wildman–Crippen MR) is 58.4 cm³/mol. The van der Waals surface area contributed by atoms with Crippen LogP contribution in [0.3, 0.4) is 0 Å². The Morgan fingerprint density at radius 2 is 2.00 bits per heavy atom. The number of benzene rings is 1. The van der Waals surface area contributed by atoms with Gasteiger partial charge in [-0.15, -0.1) is 0 Å². The maximum absolute atomic E-state index is 12.5. The average molecular weight is 208 g/mol. The standard InChI is InChI=1S/C12H15FNO/c1-2-3-4-9-15-14-10-11-5-7-12(13)8-6-11/h5-8H,2-4,9H2,1H3. The van der Waals surface area contributed by atoms with E-state index in [9.17, 15) is 4.39 Å². The Balaban J connectivity index is 2.23. The van der Waals surface area contributed by atoms with Crippen molar-refractivity contribution in [1.29, 1.82) is 0 Å². The highest BCUT2D eigenvalue weighted by Crippen LogP contribution is 2.00. The number of rotatable bonds is 6. The van der Waals surface area contributed by atoms with Crippen molar-refractivity contribution < 1.29 is 9.23 Å². The molecule has 0 aromatic heterocycles. The fourth-order valence-corrected chi connectivity index (χ4v) is 1.07. The Bertz CT molecular complexity index is 295. The van der Waals surface area contributed by atoms with Gasteiger partial charge >= 0.3 is 0 Å². The summed E-state index contributed by atoms with van der Waals surface area (Å²) < 4.78 is 12.5. The monoisotopic (exact) mass is 208 g/mol. The average Bonchev–Trinajstić information content (AvgIpc) is 2.26. The third-order valence-electron chi connectivity index (χ3n) is 1.92. The molecule has 1 aromatic carbocycles. The van der Waals surface area contributed by atoms with Crippen LogP contribution in [0.2, 0.25) is 0 Å². The lowest BCUT2D eigenvalue weighted by molar-refractivity contribution is 0.141. The van der Waals surface area contributed by atoms with E-state index < -0.39 is 0 Å². The summed E-state index contributed by atoms with van der Waals surface area (Å²) in [5.74, 6) is -0.260. The molecule has 0 aliphatic rings. The Morgan fingerprint density at radius 3 is 2.67 bits per heavy atom. The van der Waals surface area contributed by atoms with Crippen LogP contribution in [0.15, 0.2) is 29.4 Å². The lowest BCUT2D eigenvalue weighted by atomic mass is 10.2. The molecule has 1 radical (unpaired) electrons. The van der Waals surface area contributed by atoms with Gasteiger partial charge in [0.25, 0.3) is 0 Å². The quantitative estimate of drug-likeness (QED) is 0.399. The van der Waals surface area contributed by atoms with Crippen molar-refractivity contribution in [3.05, 3.63) is 35.6 Å². The maximum atomic E-state index is 12.5. The van der Waals surface area contributed by atoms with Crippen molar-refractivity contribution in [2.75, 3.05) is 6.61 Å². The van der Waals surface area contributed by atoms with Crippen molar-refractivity contribution in [2.24, 2.45) is 5.16 Å². The highest BCUT2D eigenvalue weighted by Gasteiger charge is 1.90. The zero-order valence-corrected chi connectivity index (χ0v) is 8.87. The molecule has 0 aliphatic carbocycles. The van der Waals surface area contributed by atoms with Gasteiger partial charge in [-0.1, -0.05) is 24.9 Å². The molecule has 0 amide bonds. The van der Waals surface area contributed by atoms with Crippen LogP contribution in [0.5, 0.6) is 0 Å². The molecule has 0 fully saturated rings. The zero-order valence-electron chi connectivity index (χ0n) is 8.87. The highest BCUT2D eigenvalue weighted by molar-refractivity contribution is 5.78. The number of nitrogens with zero attached hydrogens (tertiary/aromatic N) is 1. The van der Waals surface area contributed by atoms with E-state index >= 15 is 0 Å². The third kappa shape index (κ3) is 5.15. The molecule has 0 aliphatic heterocycles. The van der Waals surface area contributed by atoms with Crippen LogP contribution in [0.25, 0.3) is 0 Å². The number of halogens is 1. The largest absolute Gasteiger partial charge is 0.395 e. The first-order valence-electron chi connectivity index (χ1n) is 5.16. The van der Waals surface area contributed by atoms with Crippen LogP contribution in [0, 0.1) is 5.82 Å². The number of unbranched alkanes of at least 4 members (excludes halogenated alkanes) is 2. The van der Waals surface area contributed by atoms with E-state index in [-0.39, 0.29) is 5.82 Å². The fraction of sp³-hybridized carbons (Fsp3) is 0.417. The molecule has 0 N–H and O–H groups in total. The maximum Gasteiger partial charge on any atom is 0.139 e. The van der Waals surface area contributed by atoms with Crippen LogP contribution in [0.1, 0.15) is 31.7 Å². The van der Waals surface area contributed by atoms with Gasteiger partial charge in [0.05, 0.1) is 0 Å². The lowest BCUT2D eigenvalue weighted by Crippen LogP contribution is -1.89. The highest BCUT2D eigenvalue weighted by atomic mass is 19.1. The second-order valence-electron chi connectivity index (χ2n) is 3.25. The minimum atomic E-state index is -0.260. The van der Waals surface area contributed by atoms with Gasteiger partial charge in [0.1, 0.15) is 18.6 Å². The first kappa shape index (κ1) is 11.7. The van der Waals surface area contributed by atoms with E-state index in [2.05, 4.69) is 18.3 Å². The summed E-state index contributed by atoms with van der Waals surface area (Å²) >= 11 is 0. The van der Waals surface area contributed by atoms with Crippen LogP contribution in [0.4, 0.5) is 4.39 Å². The molecule has 0 bridgehead atoms. The van der Waals surface area contributed by atoms with Crippen molar-refractivity contribution in [3.8, 4) is 0 Å². The summed E-state index contributed by atoms with van der Waals surface area (Å²) in [6.07, 6.45) is 6.00. The van der Waals surface area contributed by atoms with Crippen molar-refractivity contribution in [1.82, 2.24) is 0 Å². The van der Waals surface area contributed by atoms with Crippen molar-refractivity contribution in [3.63, 3.8) is 0 Å². The van der Waals surface area contributed by atoms with E-state index in [0.29, 0.717) is 12.2 Å². The normalized spacial score (nSPS) is 10.8. The van der Waals surface area contributed by atoms with Crippen LogP contribution >= 0.6 is 0 Å². The molecule has 0 unspecified atom stereocenters. The van der Waals surface area contributed by atoms with Crippen LogP contribution in [-0.4, -0.2) is 12.8 Å². The van der Waals surface area contributed by atoms with Gasteiger partial charge in [0, 0.05) is 5.56 Å². The topological polar surface area (TPSA) is 21.6 Å². The van der Waals surface area contributed by atoms with Crippen molar-refractivity contribution in [2.45, 2.75) is 26.2 Å². The molecule has 0 heterocycles. The SMILES string of the molecule is CCCCCO/N=[C]/c1ccc(F)cc1. The number of hydrogen-bond donors (Lipinski definition) is 0. The van der Waals surface area contributed by atoms with E-state index in [1.54, 1.807) is 12.1 Å². The smallest absolute Gasteiger partial charge is 0.139 e. The van der Waals surface area contributed by atoms with Gasteiger partial charge in [-0.25, -0.2) is 4.39 Å². The van der Waals surface area contributed by atoms with Gasteiger partial charge in [-0.05, 0) is 30.7 Å². The summed E-state index contributed by atoms with van der Waals surface area (Å²) in [5.41, 5.74) is 0.715. The predicted octanol–water partition coefficient (Wildman–Crippen LogP) is 3.24. The Labute approximate surface area is 89.7 Å².